The molecule has 2 aromatic rings. The molecule has 3 rings (SSSR count). The van der Waals surface area contributed by atoms with E-state index in [1.54, 1.807) is 6.33 Å². The molecule has 0 saturated heterocycles. The first-order chi connectivity index (χ1) is 8.88. The summed E-state index contributed by atoms with van der Waals surface area (Å²) in [5.41, 5.74) is 4.92. The third-order valence-electron chi connectivity index (χ3n) is 3.25. The Balaban J connectivity index is 1.98. The molecule has 0 unspecified atom stereocenters. The Morgan fingerprint density at radius 2 is 2.39 bits per heavy atom. The number of aromatic amines is 1. The first-order valence-electron chi connectivity index (χ1n) is 6.31. The van der Waals surface area contributed by atoms with Crippen molar-refractivity contribution in [2.24, 2.45) is 0 Å². The van der Waals surface area contributed by atoms with E-state index in [0.29, 0.717) is 0 Å². The maximum absolute atomic E-state index is 4.45. The Morgan fingerprint density at radius 3 is 3.28 bits per heavy atom. The second-order valence-electron chi connectivity index (χ2n) is 4.53. The molecule has 1 aromatic heterocycles. The Kier molecular flexibility index (Phi) is 3.39. The van der Waals surface area contributed by atoms with Crippen LogP contribution in [0.25, 0.3) is 11.3 Å². The number of thioether (sulfide) groups is 1. The monoisotopic (exact) mass is 259 g/mol. The second kappa shape index (κ2) is 5.16. The summed E-state index contributed by atoms with van der Waals surface area (Å²) in [6.07, 6.45) is 4.25. The summed E-state index contributed by atoms with van der Waals surface area (Å²) in [6, 6.07) is 6.73. The van der Waals surface area contributed by atoms with Crippen molar-refractivity contribution in [1.82, 2.24) is 15.3 Å². The van der Waals surface area contributed by atoms with E-state index >= 15 is 0 Å². The van der Waals surface area contributed by atoms with Crippen LogP contribution in [0, 0.1) is 0 Å². The molecule has 0 saturated carbocycles. The molecule has 0 atom stereocenters. The quantitative estimate of drug-likeness (QED) is 0.890. The van der Waals surface area contributed by atoms with Crippen molar-refractivity contribution in [1.29, 1.82) is 0 Å². The molecule has 0 radical (unpaired) electrons. The van der Waals surface area contributed by atoms with Crippen LogP contribution >= 0.6 is 11.8 Å². The normalized spacial score (nSPS) is 14.5. The van der Waals surface area contributed by atoms with Crippen molar-refractivity contribution >= 4 is 11.8 Å². The first-order valence-corrected chi connectivity index (χ1v) is 7.30. The predicted molar refractivity (Wildman–Crippen MR) is 75.8 cm³/mol. The summed E-state index contributed by atoms with van der Waals surface area (Å²) < 4.78 is 0. The van der Waals surface area contributed by atoms with Gasteiger partial charge >= 0.3 is 0 Å². The van der Waals surface area contributed by atoms with Crippen LogP contribution in [0.1, 0.15) is 17.7 Å². The van der Waals surface area contributed by atoms with Crippen molar-refractivity contribution in [3.05, 3.63) is 35.8 Å². The lowest BCUT2D eigenvalue weighted by Gasteiger charge is -2.15. The number of nitrogens with one attached hydrogen (secondary N) is 2. The highest BCUT2D eigenvalue weighted by Crippen LogP contribution is 2.33. The van der Waals surface area contributed by atoms with Gasteiger partial charge in [0.1, 0.15) is 0 Å². The Morgan fingerprint density at radius 1 is 1.44 bits per heavy atom. The number of hydrogen-bond donors (Lipinski definition) is 2. The molecule has 2 N–H and O–H groups in total. The number of rotatable bonds is 3. The third kappa shape index (κ3) is 2.18. The molecule has 4 heteroatoms. The molecule has 0 bridgehead atoms. The fraction of sp³-hybridized carbons (Fsp3) is 0.357. The van der Waals surface area contributed by atoms with Gasteiger partial charge < -0.3 is 10.3 Å². The van der Waals surface area contributed by atoms with Crippen LogP contribution in [-0.2, 0) is 13.0 Å². The number of benzene rings is 1. The average Bonchev–Trinajstić information content (AvgIpc) is 2.87. The minimum atomic E-state index is 0.821. The summed E-state index contributed by atoms with van der Waals surface area (Å²) in [5.74, 6) is 1.25. The van der Waals surface area contributed by atoms with Gasteiger partial charge in [0.15, 0.2) is 0 Å². The van der Waals surface area contributed by atoms with Crippen LogP contribution in [-0.4, -0.2) is 22.8 Å². The van der Waals surface area contributed by atoms with Gasteiger partial charge in [0.2, 0.25) is 0 Å². The zero-order valence-corrected chi connectivity index (χ0v) is 11.3. The highest BCUT2D eigenvalue weighted by molar-refractivity contribution is 7.99. The molecule has 0 aliphatic carbocycles. The van der Waals surface area contributed by atoms with E-state index in [9.17, 15) is 0 Å². The van der Waals surface area contributed by atoms with E-state index in [4.69, 9.17) is 0 Å². The van der Waals surface area contributed by atoms with Gasteiger partial charge in [-0.3, -0.25) is 0 Å². The van der Waals surface area contributed by atoms with E-state index < -0.39 is 0 Å². The van der Waals surface area contributed by atoms with Crippen LogP contribution in [0.2, 0.25) is 0 Å². The van der Waals surface area contributed by atoms with Crippen LogP contribution < -0.4 is 5.32 Å². The van der Waals surface area contributed by atoms with E-state index in [1.165, 1.54) is 34.6 Å². The van der Waals surface area contributed by atoms with Crippen LogP contribution in [0.3, 0.4) is 0 Å². The number of H-pyrrole nitrogens is 1. The van der Waals surface area contributed by atoms with E-state index in [2.05, 4.69) is 33.5 Å². The second-order valence-corrected chi connectivity index (χ2v) is 5.67. The van der Waals surface area contributed by atoms with Gasteiger partial charge in [0.25, 0.3) is 0 Å². The summed E-state index contributed by atoms with van der Waals surface area (Å²) in [7, 11) is 1.95. The lowest BCUT2D eigenvalue weighted by atomic mass is 10.0. The van der Waals surface area contributed by atoms with Gasteiger partial charge in [0.05, 0.1) is 17.7 Å². The van der Waals surface area contributed by atoms with Gasteiger partial charge in [-0.25, -0.2) is 4.98 Å². The predicted octanol–water partition coefficient (Wildman–Crippen LogP) is 2.83. The largest absolute Gasteiger partial charge is 0.347 e. The Labute approximate surface area is 111 Å². The highest BCUT2D eigenvalue weighted by atomic mass is 32.2. The molecule has 1 aliphatic heterocycles. The maximum atomic E-state index is 4.45. The van der Waals surface area contributed by atoms with E-state index in [0.717, 1.165) is 17.9 Å². The number of fused-ring (bicyclic) bond motifs is 1. The standard InChI is InChI=1S/C14H17N3S/c1-15-8-12-14(17-9-16-12)11-4-5-13-10(7-11)3-2-6-18-13/h4-5,7,9,15H,2-3,6,8H2,1H3,(H,16,17). The molecule has 1 aliphatic rings. The van der Waals surface area contributed by atoms with Crippen LogP contribution in [0.4, 0.5) is 0 Å². The van der Waals surface area contributed by atoms with Crippen molar-refractivity contribution < 1.29 is 0 Å². The lowest BCUT2D eigenvalue weighted by molar-refractivity contribution is 0.798. The molecular weight excluding hydrogens is 242 g/mol. The zero-order chi connectivity index (χ0) is 12.4. The minimum Gasteiger partial charge on any atom is -0.347 e. The van der Waals surface area contributed by atoms with Crippen molar-refractivity contribution in [3.63, 3.8) is 0 Å². The van der Waals surface area contributed by atoms with E-state index in [-0.39, 0.29) is 0 Å². The van der Waals surface area contributed by atoms with Gasteiger partial charge in [0, 0.05) is 17.0 Å². The average molecular weight is 259 g/mol. The minimum absolute atomic E-state index is 0.821. The van der Waals surface area contributed by atoms with Gasteiger partial charge in [-0.15, -0.1) is 11.8 Å². The molecule has 1 aromatic carbocycles. The molecule has 0 amide bonds. The first kappa shape index (κ1) is 11.8. The molecule has 2 heterocycles. The number of imidazole rings is 1. The third-order valence-corrected chi connectivity index (χ3v) is 4.46. The number of hydrogen-bond acceptors (Lipinski definition) is 3. The summed E-state index contributed by atoms with van der Waals surface area (Å²) >= 11 is 1.97. The Hall–Kier alpha value is -1.26. The summed E-state index contributed by atoms with van der Waals surface area (Å²) in [4.78, 5) is 9.10. The smallest absolute Gasteiger partial charge is 0.0929 e. The van der Waals surface area contributed by atoms with Crippen LogP contribution in [0.5, 0.6) is 0 Å². The fourth-order valence-corrected chi connectivity index (χ4v) is 3.41. The van der Waals surface area contributed by atoms with Gasteiger partial charge in [-0.1, -0.05) is 6.07 Å². The molecule has 18 heavy (non-hydrogen) atoms. The van der Waals surface area contributed by atoms with Gasteiger partial charge in [-0.2, -0.15) is 0 Å². The van der Waals surface area contributed by atoms with Gasteiger partial charge in [-0.05, 0) is 43.3 Å². The number of aryl methyl sites for hydroxylation is 1. The fourth-order valence-electron chi connectivity index (χ4n) is 2.39. The highest BCUT2D eigenvalue weighted by Gasteiger charge is 2.13. The Bertz CT molecular complexity index is 548. The summed E-state index contributed by atoms with van der Waals surface area (Å²) in [6.45, 7) is 0.821. The van der Waals surface area contributed by atoms with Crippen molar-refractivity contribution in [3.8, 4) is 11.3 Å². The molecule has 94 valence electrons. The maximum Gasteiger partial charge on any atom is 0.0929 e. The molecular formula is C14H17N3S. The van der Waals surface area contributed by atoms with Crippen molar-refractivity contribution in [2.45, 2.75) is 24.3 Å². The van der Waals surface area contributed by atoms with Crippen molar-refractivity contribution in [2.75, 3.05) is 12.8 Å². The number of nitrogens with zero attached hydrogens (tertiary/aromatic N) is 1. The van der Waals surface area contributed by atoms with E-state index in [1.807, 2.05) is 18.8 Å². The molecule has 0 fully saturated rings. The zero-order valence-electron chi connectivity index (χ0n) is 10.5. The SMILES string of the molecule is CNCc1[nH]cnc1-c1ccc2c(c1)CCCS2. The topological polar surface area (TPSA) is 40.7 Å². The van der Waals surface area contributed by atoms with Crippen LogP contribution in [0.15, 0.2) is 29.4 Å². The number of aromatic nitrogens is 2. The molecule has 3 nitrogen and oxygen atoms in total. The summed E-state index contributed by atoms with van der Waals surface area (Å²) in [5, 5.41) is 3.17. The lowest BCUT2D eigenvalue weighted by Crippen LogP contribution is -2.06. The molecule has 0 spiro atoms.